The number of ether oxygens (including phenoxy) is 1. The molecule has 2 bridgehead atoms. The van der Waals surface area contributed by atoms with Crippen molar-refractivity contribution in [3.63, 3.8) is 0 Å². The Hall–Kier alpha value is -2.52. The van der Waals surface area contributed by atoms with Crippen LogP contribution in [0.5, 0.6) is 0 Å². The van der Waals surface area contributed by atoms with Gasteiger partial charge < -0.3 is 19.8 Å². The van der Waals surface area contributed by atoms with E-state index in [0.717, 1.165) is 12.8 Å². The minimum Gasteiger partial charge on any atom is -0.478 e. The van der Waals surface area contributed by atoms with Crippen LogP contribution >= 0.6 is 0 Å². The van der Waals surface area contributed by atoms with Gasteiger partial charge in [-0.15, -0.1) is 0 Å². The van der Waals surface area contributed by atoms with Crippen LogP contribution in [0, 0.1) is 0 Å². The molecule has 2 aliphatic heterocycles. The first kappa shape index (κ1) is 23.8. The van der Waals surface area contributed by atoms with E-state index >= 15 is 0 Å². The number of carboxylic acids is 2. The van der Waals surface area contributed by atoms with Crippen molar-refractivity contribution in [2.24, 2.45) is 0 Å². The number of carbonyl (C=O) groups is 3. The maximum atomic E-state index is 12.4. The normalized spacial score (nSPS) is 25.1. The molecule has 2 fully saturated rings. The van der Waals surface area contributed by atoms with Crippen molar-refractivity contribution in [1.82, 2.24) is 4.90 Å². The van der Waals surface area contributed by atoms with Crippen LogP contribution in [-0.4, -0.2) is 67.7 Å². The predicted octanol–water partition coefficient (Wildman–Crippen LogP) is 2.06. The van der Waals surface area contributed by atoms with Crippen LogP contribution in [0.3, 0.4) is 0 Å². The number of fused-ring (bicyclic) bond motifs is 2. The lowest BCUT2D eigenvalue weighted by molar-refractivity contribution is -0.151. The van der Waals surface area contributed by atoms with Gasteiger partial charge in [0.15, 0.2) is 0 Å². The Labute approximate surface area is 178 Å². The highest BCUT2D eigenvalue weighted by atomic mass is 32.2. The molecule has 2 aliphatic rings. The molecule has 4 atom stereocenters. The minimum absolute atomic E-state index is 0.0172. The zero-order valence-corrected chi connectivity index (χ0v) is 17.8. The third-order valence-corrected chi connectivity index (χ3v) is 6.91. The highest BCUT2D eigenvalue weighted by molar-refractivity contribution is 7.86. The molecule has 0 aliphatic carbocycles. The van der Waals surface area contributed by atoms with E-state index in [1.165, 1.54) is 12.8 Å². The Morgan fingerprint density at radius 1 is 1.07 bits per heavy atom. The molecular formula is C21H27NO7S. The maximum absolute atomic E-state index is 12.4. The van der Waals surface area contributed by atoms with Gasteiger partial charge in [0.25, 0.3) is 0 Å². The molecule has 0 saturated carbocycles. The van der Waals surface area contributed by atoms with E-state index in [-0.39, 0.29) is 12.1 Å². The topological polar surface area (TPSA) is 121 Å². The van der Waals surface area contributed by atoms with Crippen molar-refractivity contribution in [1.29, 1.82) is 0 Å². The van der Waals surface area contributed by atoms with E-state index in [9.17, 15) is 18.6 Å². The van der Waals surface area contributed by atoms with E-state index in [4.69, 9.17) is 14.9 Å². The van der Waals surface area contributed by atoms with Crippen LogP contribution in [0.1, 0.15) is 32.6 Å². The Bertz CT molecular complexity index is 781. The average molecular weight is 438 g/mol. The van der Waals surface area contributed by atoms with Gasteiger partial charge in [0, 0.05) is 29.1 Å². The molecular weight excluding hydrogens is 410 g/mol. The van der Waals surface area contributed by atoms with Gasteiger partial charge in [0.2, 0.25) is 0 Å². The number of hydrogen-bond acceptors (Lipinski definition) is 6. The second kappa shape index (κ2) is 11.0. The molecule has 8 nitrogen and oxygen atoms in total. The third kappa shape index (κ3) is 6.77. The van der Waals surface area contributed by atoms with Crippen molar-refractivity contribution in [2.45, 2.75) is 60.9 Å². The van der Waals surface area contributed by atoms with Crippen molar-refractivity contribution in [2.75, 3.05) is 7.05 Å². The molecule has 0 spiro atoms. The maximum Gasteiger partial charge on any atom is 0.328 e. The predicted molar refractivity (Wildman–Crippen MR) is 110 cm³/mol. The van der Waals surface area contributed by atoms with Crippen molar-refractivity contribution in [3.8, 4) is 0 Å². The molecule has 164 valence electrons. The number of hydrogen-bond donors (Lipinski definition) is 2. The van der Waals surface area contributed by atoms with E-state index in [0.29, 0.717) is 29.1 Å². The van der Waals surface area contributed by atoms with E-state index in [2.05, 4.69) is 11.9 Å². The number of carbonyl (C=O) groups excluding carboxylic acids is 1. The lowest BCUT2D eigenvalue weighted by Gasteiger charge is -2.36. The molecule has 3 rings (SSSR count). The summed E-state index contributed by atoms with van der Waals surface area (Å²) >= 11 is 0. The van der Waals surface area contributed by atoms with Crippen molar-refractivity contribution < 1.29 is 33.5 Å². The van der Waals surface area contributed by atoms with Gasteiger partial charge in [-0.1, -0.05) is 18.2 Å². The fourth-order valence-electron chi connectivity index (χ4n) is 3.71. The zero-order chi connectivity index (χ0) is 22.3. The second-order valence-corrected chi connectivity index (χ2v) is 9.12. The fourth-order valence-corrected chi connectivity index (χ4v) is 4.77. The molecule has 1 aromatic carbocycles. The highest BCUT2D eigenvalue weighted by Gasteiger charge is 2.40. The summed E-state index contributed by atoms with van der Waals surface area (Å²) in [4.78, 5) is 34.5. The lowest BCUT2D eigenvalue weighted by atomic mass is 10.0. The van der Waals surface area contributed by atoms with Gasteiger partial charge in [0.1, 0.15) is 11.4 Å². The molecule has 2 saturated heterocycles. The number of benzene rings is 1. The van der Waals surface area contributed by atoms with Gasteiger partial charge in [-0.05, 0) is 51.8 Å². The van der Waals surface area contributed by atoms with Crippen LogP contribution in [0.15, 0.2) is 47.4 Å². The number of rotatable bonds is 6. The summed E-state index contributed by atoms with van der Waals surface area (Å²) in [6.45, 7) is 1.69. The Balaban J connectivity index is 0.000000343. The molecule has 2 heterocycles. The van der Waals surface area contributed by atoms with Crippen molar-refractivity contribution in [3.05, 3.63) is 42.5 Å². The number of piperidine rings is 1. The Morgan fingerprint density at radius 3 is 2.03 bits per heavy atom. The monoisotopic (exact) mass is 437 g/mol. The smallest absolute Gasteiger partial charge is 0.328 e. The lowest BCUT2D eigenvalue weighted by Crippen LogP contribution is -2.44. The summed E-state index contributed by atoms with van der Waals surface area (Å²) in [6.07, 6.45) is 5.30. The second-order valence-electron chi connectivity index (χ2n) is 7.34. The standard InChI is InChI=1S/C17H23NO3S.C4H4O4/c1-12(22(20)16-6-4-3-5-7-16)17(19)21-15-10-13-8-9-14(11-15)18(13)2;5-3(6)1-2-4(7)8/h3-7,12-15H,8-11H2,1-2H3;1-2H,(H,5,6)(H,7,8)/b;2-1-. The van der Waals surface area contributed by atoms with E-state index in [1.807, 2.05) is 18.2 Å². The zero-order valence-electron chi connectivity index (χ0n) is 17.0. The van der Waals surface area contributed by atoms with Crippen LogP contribution in [0.25, 0.3) is 0 Å². The molecule has 30 heavy (non-hydrogen) atoms. The molecule has 9 heteroatoms. The Kier molecular flexibility index (Phi) is 8.73. The average Bonchev–Trinajstić information content (AvgIpc) is 2.92. The molecule has 2 N–H and O–H groups in total. The number of carboxylic acid groups (broad SMARTS) is 2. The molecule has 0 aromatic heterocycles. The first-order valence-corrected chi connectivity index (χ1v) is 10.9. The van der Waals surface area contributed by atoms with Crippen LogP contribution in [0.4, 0.5) is 0 Å². The van der Waals surface area contributed by atoms with E-state index < -0.39 is 28.0 Å². The molecule has 4 unspecified atom stereocenters. The van der Waals surface area contributed by atoms with Gasteiger partial charge in [0.05, 0.1) is 10.8 Å². The molecule has 0 radical (unpaired) electrons. The first-order chi connectivity index (χ1) is 14.2. The number of aliphatic carboxylic acids is 2. The highest BCUT2D eigenvalue weighted by Crippen LogP contribution is 2.35. The number of nitrogens with zero attached hydrogens (tertiary/aromatic N) is 1. The largest absolute Gasteiger partial charge is 0.478 e. The minimum atomic E-state index is -1.36. The van der Waals surface area contributed by atoms with E-state index in [1.54, 1.807) is 19.1 Å². The SMILES string of the molecule is CC(C(=O)OC1CC2CCC(C1)N2C)S(=O)c1ccccc1.O=C(O)/C=C\C(=O)O. The number of esters is 1. The van der Waals surface area contributed by atoms with Gasteiger partial charge in [-0.25, -0.2) is 9.59 Å². The molecule has 1 aromatic rings. The van der Waals surface area contributed by atoms with Gasteiger partial charge in [-0.3, -0.25) is 9.00 Å². The first-order valence-electron chi connectivity index (χ1n) is 9.71. The summed E-state index contributed by atoms with van der Waals surface area (Å²) in [5.74, 6) is -2.85. The fraction of sp³-hybridized carbons (Fsp3) is 0.476. The molecule has 0 amide bonds. The quantitative estimate of drug-likeness (QED) is 0.512. The van der Waals surface area contributed by atoms with Crippen LogP contribution < -0.4 is 0 Å². The van der Waals surface area contributed by atoms with Crippen LogP contribution in [0.2, 0.25) is 0 Å². The van der Waals surface area contributed by atoms with Crippen LogP contribution in [-0.2, 0) is 29.9 Å². The Morgan fingerprint density at radius 2 is 1.57 bits per heavy atom. The third-order valence-electron chi connectivity index (χ3n) is 5.33. The van der Waals surface area contributed by atoms with Crippen molar-refractivity contribution >= 4 is 28.7 Å². The van der Waals surface area contributed by atoms with Gasteiger partial charge >= 0.3 is 17.9 Å². The summed E-state index contributed by atoms with van der Waals surface area (Å²) in [5, 5.41) is 15.0. The summed E-state index contributed by atoms with van der Waals surface area (Å²) in [6, 6.07) is 10.2. The summed E-state index contributed by atoms with van der Waals surface area (Å²) < 4.78 is 18.1. The summed E-state index contributed by atoms with van der Waals surface area (Å²) in [7, 11) is 0.804. The summed E-state index contributed by atoms with van der Waals surface area (Å²) in [5.41, 5.74) is 0. The van der Waals surface area contributed by atoms with Gasteiger partial charge in [-0.2, -0.15) is 0 Å².